The van der Waals surface area contributed by atoms with Gasteiger partial charge >= 0.3 is 0 Å². The van der Waals surface area contributed by atoms with Crippen LogP contribution in [0.2, 0.25) is 5.02 Å². The van der Waals surface area contributed by atoms with Gasteiger partial charge in [0.25, 0.3) is 5.91 Å². The average molecular weight is 412 g/mol. The summed E-state index contributed by atoms with van der Waals surface area (Å²) in [7, 11) is 1.89. The molecule has 0 saturated heterocycles. The second kappa shape index (κ2) is 8.27. The van der Waals surface area contributed by atoms with E-state index in [-0.39, 0.29) is 18.5 Å². The number of hydrazone groups is 1. The Morgan fingerprint density at radius 3 is 2.69 bits per heavy atom. The fourth-order valence-electron chi connectivity index (χ4n) is 3.45. The third-order valence-corrected chi connectivity index (χ3v) is 5.09. The number of nitrogens with zero attached hydrogens (tertiary/aromatic N) is 3. The van der Waals surface area contributed by atoms with Gasteiger partial charge in [0, 0.05) is 11.4 Å². The number of carbonyl (C=O) groups excluding carboxylic acids is 1. The van der Waals surface area contributed by atoms with E-state index in [0.29, 0.717) is 18.0 Å². The van der Waals surface area contributed by atoms with Gasteiger partial charge in [0.1, 0.15) is 23.3 Å². The van der Waals surface area contributed by atoms with Gasteiger partial charge in [0.15, 0.2) is 0 Å². The van der Waals surface area contributed by atoms with E-state index in [4.69, 9.17) is 20.4 Å². The van der Waals surface area contributed by atoms with E-state index in [1.54, 1.807) is 6.26 Å². The molecule has 1 atom stereocenters. The van der Waals surface area contributed by atoms with Crippen LogP contribution in [-0.2, 0) is 11.3 Å². The molecular formula is C22H22ClN3O3. The van der Waals surface area contributed by atoms with E-state index < -0.39 is 0 Å². The van der Waals surface area contributed by atoms with Crippen molar-refractivity contribution in [1.82, 2.24) is 9.91 Å². The number of aryl methyl sites for hydroxylation is 1. The summed E-state index contributed by atoms with van der Waals surface area (Å²) in [5.41, 5.74) is 1.78. The molecule has 7 heteroatoms. The first kappa shape index (κ1) is 19.5. The molecule has 0 N–H and O–H groups in total. The normalized spacial score (nSPS) is 16.5. The Morgan fingerprint density at radius 1 is 1.24 bits per heavy atom. The van der Waals surface area contributed by atoms with E-state index in [2.05, 4.69) is 5.10 Å². The molecule has 1 amide bonds. The zero-order valence-electron chi connectivity index (χ0n) is 16.3. The van der Waals surface area contributed by atoms with Crippen LogP contribution >= 0.6 is 11.6 Å². The number of likely N-dealkylation sites (N-methyl/N-ethyl adjacent to an activating group) is 1. The molecule has 150 valence electrons. The minimum Gasteiger partial charge on any atom is -0.467 e. The van der Waals surface area contributed by atoms with Crippen LogP contribution in [0, 0.1) is 6.92 Å². The number of hydrogen-bond acceptors (Lipinski definition) is 5. The first-order chi connectivity index (χ1) is 14.0. The molecule has 0 unspecified atom stereocenters. The third kappa shape index (κ3) is 4.44. The molecule has 0 fully saturated rings. The maximum absolute atomic E-state index is 13.1. The molecule has 0 spiro atoms. The lowest BCUT2D eigenvalue weighted by Crippen LogP contribution is -2.36. The molecule has 1 aromatic carbocycles. The second-order valence-electron chi connectivity index (χ2n) is 7.21. The smallest absolute Gasteiger partial charge is 0.257 e. The van der Waals surface area contributed by atoms with Crippen molar-refractivity contribution in [3.8, 4) is 0 Å². The van der Waals surface area contributed by atoms with Crippen LogP contribution in [0.3, 0.4) is 0 Å². The lowest BCUT2D eigenvalue weighted by atomic mass is 10.0. The van der Waals surface area contributed by atoms with Crippen molar-refractivity contribution in [3.05, 3.63) is 82.7 Å². The average Bonchev–Trinajstić information content (AvgIpc) is 3.42. The molecule has 3 heterocycles. The van der Waals surface area contributed by atoms with Crippen LogP contribution in [0.25, 0.3) is 0 Å². The Hall–Kier alpha value is -2.83. The van der Waals surface area contributed by atoms with Crippen molar-refractivity contribution in [1.29, 1.82) is 0 Å². The van der Waals surface area contributed by atoms with E-state index in [1.807, 2.05) is 67.4 Å². The number of benzene rings is 1. The van der Waals surface area contributed by atoms with E-state index in [1.165, 1.54) is 5.01 Å². The van der Waals surface area contributed by atoms with Gasteiger partial charge in [0.05, 0.1) is 25.1 Å². The highest BCUT2D eigenvalue weighted by Crippen LogP contribution is 2.33. The summed E-state index contributed by atoms with van der Waals surface area (Å²) in [6.07, 6.45) is 2.20. The van der Waals surface area contributed by atoms with Crippen LogP contribution in [0.4, 0.5) is 0 Å². The minimum atomic E-state index is -0.262. The molecule has 0 aliphatic carbocycles. The summed E-state index contributed by atoms with van der Waals surface area (Å²) in [5, 5.41) is 6.84. The van der Waals surface area contributed by atoms with Gasteiger partial charge in [-0.05, 0) is 55.9 Å². The standard InChI is InChI=1S/C22H22ClN3O3/c1-15-5-10-18(29-15)13-25(2)14-22(27)26-20(21-4-3-11-28-21)12-19(24-26)16-6-8-17(23)9-7-16/h3-11,20H,12-14H2,1-2H3/t20-/m0/s1. The molecule has 29 heavy (non-hydrogen) atoms. The predicted molar refractivity (Wildman–Crippen MR) is 111 cm³/mol. The number of halogens is 1. The Balaban J connectivity index is 1.52. The maximum Gasteiger partial charge on any atom is 0.257 e. The van der Waals surface area contributed by atoms with Gasteiger partial charge in [0.2, 0.25) is 0 Å². The summed E-state index contributed by atoms with van der Waals surface area (Å²) in [4.78, 5) is 15.0. The summed E-state index contributed by atoms with van der Waals surface area (Å²) in [5.74, 6) is 2.30. The van der Waals surface area contributed by atoms with E-state index in [9.17, 15) is 4.79 Å². The molecule has 0 saturated carbocycles. The van der Waals surface area contributed by atoms with Gasteiger partial charge in [-0.15, -0.1) is 0 Å². The molecule has 1 aliphatic rings. The predicted octanol–water partition coefficient (Wildman–Crippen LogP) is 4.64. The summed E-state index contributed by atoms with van der Waals surface area (Å²) in [6.45, 7) is 2.67. The van der Waals surface area contributed by atoms with Gasteiger partial charge in [-0.2, -0.15) is 5.10 Å². The number of carbonyl (C=O) groups is 1. The topological polar surface area (TPSA) is 62.2 Å². The van der Waals surface area contributed by atoms with E-state index >= 15 is 0 Å². The van der Waals surface area contributed by atoms with Crippen molar-refractivity contribution in [2.75, 3.05) is 13.6 Å². The maximum atomic E-state index is 13.1. The van der Waals surface area contributed by atoms with Crippen molar-refractivity contribution in [2.24, 2.45) is 5.10 Å². The summed E-state index contributed by atoms with van der Waals surface area (Å²) >= 11 is 6.00. The monoisotopic (exact) mass is 411 g/mol. The van der Waals surface area contributed by atoms with Gasteiger partial charge < -0.3 is 8.83 Å². The van der Waals surface area contributed by atoms with Crippen molar-refractivity contribution < 1.29 is 13.6 Å². The lowest BCUT2D eigenvalue weighted by molar-refractivity contribution is -0.134. The highest BCUT2D eigenvalue weighted by Gasteiger charge is 2.35. The molecule has 2 aromatic heterocycles. The van der Waals surface area contributed by atoms with Crippen LogP contribution in [0.1, 0.15) is 35.3 Å². The number of hydrogen-bond donors (Lipinski definition) is 0. The zero-order chi connectivity index (χ0) is 20.4. The first-order valence-corrected chi connectivity index (χ1v) is 9.80. The molecule has 4 rings (SSSR count). The van der Waals surface area contributed by atoms with Crippen LogP contribution < -0.4 is 0 Å². The zero-order valence-corrected chi connectivity index (χ0v) is 17.1. The fraction of sp³-hybridized carbons (Fsp3) is 0.273. The molecule has 0 bridgehead atoms. The summed E-state index contributed by atoms with van der Waals surface area (Å²) in [6, 6.07) is 14.8. The Kier molecular flexibility index (Phi) is 5.56. The van der Waals surface area contributed by atoms with Gasteiger partial charge in [-0.1, -0.05) is 23.7 Å². The van der Waals surface area contributed by atoms with Crippen molar-refractivity contribution in [2.45, 2.75) is 25.9 Å². The van der Waals surface area contributed by atoms with Crippen LogP contribution in [0.15, 0.2) is 68.7 Å². The number of furan rings is 2. The first-order valence-electron chi connectivity index (χ1n) is 9.42. The molecular weight excluding hydrogens is 390 g/mol. The highest BCUT2D eigenvalue weighted by molar-refractivity contribution is 6.30. The second-order valence-corrected chi connectivity index (χ2v) is 7.65. The van der Waals surface area contributed by atoms with E-state index in [0.717, 1.165) is 28.6 Å². The SMILES string of the molecule is Cc1ccc(CN(C)CC(=O)N2N=C(c3ccc(Cl)cc3)C[C@H]2c2ccco2)o1. The van der Waals surface area contributed by atoms with Crippen molar-refractivity contribution >= 4 is 23.2 Å². The Bertz CT molecular complexity index is 1010. The largest absolute Gasteiger partial charge is 0.467 e. The highest BCUT2D eigenvalue weighted by atomic mass is 35.5. The summed E-state index contributed by atoms with van der Waals surface area (Å²) < 4.78 is 11.2. The Morgan fingerprint density at radius 2 is 2.03 bits per heavy atom. The number of amides is 1. The quantitative estimate of drug-likeness (QED) is 0.592. The molecule has 1 aliphatic heterocycles. The Labute approximate surface area is 174 Å². The van der Waals surface area contributed by atoms with Gasteiger partial charge in [-0.25, -0.2) is 5.01 Å². The third-order valence-electron chi connectivity index (χ3n) is 4.84. The van der Waals surface area contributed by atoms with Crippen molar-refractivity contribution in [3.63, 3.8) is 0 Å². The molecule has 6 nitrogen and oxygen atoms in total. The fourth-order valence-corrected chi connectivity index (χ4v) is 3.58. The minimum absolute atomic E-state index is 0.0962. The van der Waals surface area contributed by atoms with Crippen LogP contribution in [0.5, 0.6) is 0 Å². The number of rotatable bonds is 6. The lowest BCUT2D eigenvalue weighted by Gasteiger charge is -2.22. The van der Waals surface area contributed by atoms with Gasteiger partial charge in [-0.3, -0.25) is 9.69 Å². The molecule has 0 radical (unpaired) electrons. The van der Waals surface area contributed by atoms with Crippen LogP contribution in [-0.4, -0.2) is 35.1 Å². The molecule has 3 aromatic rings.